The molecule has 11 heteroatoms. The monoisotopic (exact) mass is 481 g/mol. The standard InChI is InChI=1S/C24H29F2N9/c1-15-29-23-20(34(15)14-22(25)26)9-16(12-27-23)19-3-4-35-21(19)13-28-24(31-35)30-17-10-18(11-17)33-7-5-32(2)6-8-33/h3-4,9,12-13,17-18,22H,5-8,10-11,14H2,1-2H3,(H,30,31). The average molecular weight is 482 g/mol. The minimum atomic E-state index is -2.46. The van der Waals surface area contributed by atoms with Crippen LogP contribution < -0.4 is 5.32 Å². The number of aryl methyl sites for hydroxylation is 1. The van der Waals surface area contributed by atoms with Gasteiger partial charge in [-0.3, -0.25) is 4.90 Å². The van der Waals surface area contributed by atoms with E-state index < -0.39 is 13.0 Å². The molecule has 1 aliphatic carbocycles. The number of alkyl halides is 2. The van der Waals surface area contributed by atoms with Crippen LogP contribution in [0.3, 0.4) is 0 Å². The van der Waals surface area contributed by atoms with Crippen molar-refractivity contribution in [2.24, 2.45) is 0 Å². The molecule has 9 nitrogen and oxygen atoms in total. The molecule has 0 radical (unpaired) electrons. The van der Waals surface area contributed by atoms with Crippen LogP contribution in [-0.4, -0.2) is 90.7 Å². The Morgan fingerprint density at radius 2 is 1.89 bits per heavy atom. The van der Waals surface area contributed by atoms with Crippen molar-refractivity contribution in [2.75, 3.05) is 38.5 Å². The Kier molecular flexibility index (Phi) is 5.60. The molecule has 4 aromatic rings. The maximum Gasteiger partial charge on any atom is 0.256 e. The number of rotatable bonds is 6. The van der Waals surface area contributed by atoms with Gasteiger partial charge >= 0.3 is 0 Å². The van der Waals surface area contributed by atoms with Gasteiger partial charge in [0.1, 0.15) is 5.82 Å². The van der Waals surface area contributed by atoms with E-state index in [9.17, 15) is 8.78 Å². The van der Waals surface area contributed by atoms with Crippen molar-refractivity contribution in [3.05, 3.63) is 36.5 Å². The molecule has 4 aromatic heterocycles. The molecule has 0 bridgehead atoms. The van der Waals surface area contributed by atoms with Crippen LogP contribution in [0, 0.1) is 6.92 Å². The van der Waals surface area contributed by atoms with Crippen molar-refractivity contribution in [2.45, 2.75) is 44.8 Å². The second-order valence-corrected chi connectivity index (χ2v) is 9.67. The van der Waals surface area contributed by atoms with E-state index in [1.807, 2.05) is 18.3 Å². The maximum atomic E-state index is 13.1. The SMILES string of the molecule is Cc1nc2ncc(-c3ccn4nc(NC5CC(N6CCN(C)CC6)C5)ncc34)cc2n1CC(F)F. The van der Waals surface area contributed by atoms with E-state index in [1.165, 1.54) is 4.57 Å². The van der Waals surface area contributed by atoms with Gasteiger partial charge in [0, 0.05) is 61.8 Å². The number of likely N-dealkylation sites (N-methyl/N-ethyl adjacent to an activating group) is 1. The number of piperazine rings is 1. The number of aromatic nitrogens is 6. The van der Waals surface area contributed by atoms with Gasteiger partial charge in [-0.05, 0) is 38.9 Å². The average Bonchev–Trinajstić information content (AvgIpc) is 3.36. The van der Waals surface area contributed by atoms with Gasteiger partial charge < -0.3 is 14.8 Å². The van der Waals surface area contributed by atoms with E-state index in [-0.39, 0.29) is 0 Å². The molecule has 6 rings (SSSR count). The fourth-order valence-electron chi connectivity index (χ4n) is 5.22. The molecule has 2 fully saturated rings. The highest BCUT2D eigenvalue weighted by Gasteiger charge is 2.35. The van der Waals surface area contributed by atoms with Gasteiger partial charge in [-0.25, -0.2) is 28.2 Å². The molecule has 5 heterocycles. The number of halogens is 2. The fourth-order valence-corrected chi connectivity index (χ4v) is 5.22. The van der Waals surface area contributed by atoms with Crippen molar-refractivity contribution in [3.8, 4) is 11.1 Å². The first kappa shape index (κ1) is 22.3. The van der Waals surface area contributed by atoms with Crippen molar-refractivity contribution in [1.29, 1.82) is 0 Å². The lowest BCUT2D eigenvalue weighted by atomic mass is 9.85. The Bertz CT molecular complexity index is 1350. The molecule has 0 atom stereocenters. The topological polar surface area (TPSA) is 79.4 Å². The number of hydrogen-bond acceptors (Lipinski definition) is 7. The predicted molar refractivity (Wildman–Crippen MR) is 130 cm³/mol. The van der Waals surface area contributed by atoms with Crippen LogP contribution in [0.2, 0.25) is 0 Å². The van der Waals surface area contributed by atoms with E-state index >= 15 is 0 Å². The zero-order valence-electron chi connectivity index (χ0n) is 19.9. The lowest BCUT2D eigenvalue weighted by Crippen LogP contribution is -2.55. The number of nitrogens with zero attached hydrogens (tertiary/aromatic N) is 8. The molecule has 0 unspecified atom stereocenters. The van der Waals surface area contributed by atoms with Crippen molar-refractivity contribution >= 4 is 22.6 Å². The normalized spacial score (nSPS) is 21.7. The summed E-state index contributed by atoms with van der Waals surface area (Å²) in [5.41, 5.74) is 3.60. The summed E-state index contributed by atoms with van der Waals surface area (Å²) in [4.78, 5) is 18.3. The predicted octanol–water partition coefficient (Wildman–Crippen LogP) is 2.90. The summed E-state index contributed by atoms with van der Waals surface area (Å²) in [6.45, 7) is 5.88. The smallest absolute Gasteiger partial charge is 0.256 e. The zero-order valence-corrected chi connectivity index (χ0v) is 19.9. The first-order valence-electron chi connectivity index (χ1n) is 12.1. The van der Waals surface area contributed by atoms with E-state index in [4.69, 9.17) is 0 Å². The van der Waals surface area contributed by atoms with Crippen LogP contribution in [0.15, 0.2) is 30.7 Å². The summed E-state index contributed by atoms with van der Waals surface area (Å²) >= 11 is 0. The van der Waals surface area contributed by atoms with Crippen LogP contribution in [0.25, 0.3) is 27.8 Å². The summed E-state index contributed by atoms with van der Waals surface area (Å²) < 4.78 is 29.5. The fraction of sp³-hybridized carbons (Fsp3) is 0.500. The quantitative estimate of drug-likeness (QED) is 0.454. The number of imidazole rings is 1. The van der Waals surface area contributed by atoms with E-state index in [1.54, 1.807) is 23.8 Å². The summed E-state index contributed by atoms with van der Waals surface area (Å²) in [6.07, 6.45) is 5.16. The van der Waals surface area contributed by atoms with Gasteiger partial charge in [0.15, 0.2) is 5.65 Å². The molecule has 184 valence electrons. The van der Waals surface area contributed by atoms with Gasteiger partial charge in [-0.15, -0.1) is 5.10 Å². The first-order valence-corrected chi connectivity index (χ1v) is 12.1. The third-order valence-corrected chi connectivity index (χ3v) is 7.35. The Morgan fingerprint density at radius 1 is 1.09 bits per heavy atom. The lowest BCUT2D eigenvalue weighted by molar-refractivity contribution is 0.0656. The second-order valence-electron chi connectivity index (χ2n) is 9.67. The van der Waals surface area contributed by atoms with E-state index in [0.717, 1.165) is 55.7 Å². The minimum Gasteiger partial charge on any atom is -0.350 e. The number of pyridine rings is 1. The first-order chi connectivity index (χ1) is 16.9. The molecular weight excluding hydrogens is 452 g/mol. The Labute approximate surface area is 201 Å². The number of nitrogens with one attached hydrogen (secondary N) is 1. The van der Waals surface area contributed by atoms with Crippen LogP contribution in [0.4, 0.5) is 14.7 Å². The van der Waals surface area contributed by atoms with Gasteiger partial charge in [-0.2, -0.15) is 0 Å². The van der Waals surface area contributed by atoms with Crippen molar-refractivity contribution < 1.29 is 8.78 Å². The summed E-state index contributed by atoms with van der Waals surface area (Å²) in [6, 6.07) is 4.84. The summed E-state index contributed by atoms with van der Waals surface area (Å²) in [5.74, 6) is 1.14. The van der Waals surface area contributed by atoms with Crippen molar-refractivity contribution in [3.63, 3.8) is 0 Å². The molecule has 1 N–H and O–H groups in total. The molecule has 1 saturated heterocycles. The van der Waals surface area contributed by atoms with Gasteiger partial charge in [0.25, 0.3) is 6.43 Å². The Balaban J connectivity index is 1.18. The highest BCUT2D eigenvalue weighted by Crippen LogP contribution is 2.30. The van der Waals surface area contributed by atoms with Gasteiger partial charge in [-0.1, -0.05) is 0 Å². The molecule has 0 aromatic carbocycles. The Morgan fingerprint density at radius 3 is 2.66 bits per heavy atom. The van der Waals surface area contributed by atoms with E-state index in [0.29, 0.717) is 35.0 Å². The van der Waals surface area contributed by atoms with Crippen LogP contribution in [-0.2, 0) is 6.54 Å². The van der Waals surface area contributed by atoms with Crippen LogP contribution in [0.5, 0.6) is 0 Å². The van der Waals surface area contributed by atoms with Crippen LogP contribution in [0.1, 0.15) is 18.7 Å². The second kappa shape index (κ2) is 8.80. The molecule has 0 amide bonds. The highest BCUT2D eigenvalue weighted by molar-refractivity contribution is 5.85. The van der Waals surface area contributed by atoms with Gasteiger partial charge in [0.2, 0.25) is 5.95 Å². The van der Waals surface area contributed by atoms with E-state index in [2.05, 4.69) is 42.2 Å². The molecule has 1 aliphatic heterocycles. The molecule has 2 aliphatic rings. The van der Waals surface area contributed by atoms with Crippen LogP contribution >= 0.6 is 0 Å². The number of fused-ring (bicyclic) bond motifs is 2. The Hall–Kier alpha value is -3.18. The molecular formula is C24H29F2N9. The number of hydrogen-bond donors (Lipinski definition) is 1. The van der Waals surface area contributed by atoms with Crippen molar-refractivity contribution in [1.82, 2.24) is 38.9 Å². The number of anilines is 1. The third-order valence-electron chi connectivity index (χ3n) is 7.35. The largest absolute Gasteiger partial charge is 0.350 e. The molecule has 0 spiro atoms. The zero-order chi connectivity index (χ0) is 24.1. The lowest BCUT2D eigenvalue weighted by Gasteiger charge is -2.46. The summed E-state index contributed by atoms with van der Waals surface area (Å²) in [5, 5.41) is 8.13. The maximum absolute atomic E-state index is 13.1. The summed E-state index contributed by atoms with van der Waals surface area (Å²) in [7, 11) is 2.18. The third kappa shape index (κ3) is 4.23. The minimum absolute atomic E-state index is 0.386. The highest BCUT2D eigenvalue weighted by atomic mass is 19.3. The molecule has 35 heavy (non-hydrogen) atoms. The van der Waals surface area contributed by atoms with Gasteiger partial charge in [0.05, 0.1) is 23.8 Å². The molecule has 1 saturated carbocycles.